The van der Waals surface area contributed by atoms with Gasteiger partial charge in [0.15, 0.2) is 0 Å². The first kappa shape index (κ1) is 40.5. The molecule has 0 aliphatic carbocycles. The topological polar surface area (TPSA) is 6.48 Å². The van der Waals surface area contributed by atoms with Crippen molar-refractivity contribution in [1.82, 2.24) is 0 Å². The number of nitrogens with zero attached hydrogens (tertiary/aromatic N) is 2. The molecule has 70 heavy (non-hydrogen) atoms. The van der Waals surface area contributed by atoms with E-state index < -0.39 is 0 Å². The van der Waals surface area contributed by atoms with E-state index in [1.54, 1.807) is 0 Å². The van der Waals surface area contributed by atoms with Gasteiger partial charge in [-0.3, -0.25) is 0 Å². The van der Waals surface area contributed by atoms with Crippen LogP contribution in [0.3, 0.4) is 0 Å². The molecule has 0 radical (unpaired) electrons. The molecule has 0 bridgehead atoms. The second-order valence-corrected chi connectivity index (χ2v) is 20.1. The molecule has 4 heteroatoms. The van der Waals surface area contributed by atoms with E-state index in [1.807, 2.05) is 22.7 Å². The number of hydrogen-bond acceptors (Lipinski definition) is 4. The predicted molar refractivity (Wildman–Crippen MR) is 305 cm³/mol. The highest BCUT2D eigenvalue weighted by molar-refractivity contribution is 7.26. The Bertz CT molecular complexity index is 4010. The van der Waals surface area contributed by atoms with Gasteiger partial charge in [-0.25, -0.2) is 0 Å². The minimum absolute atomic E-state index is 1.10. The van der Waals surface area contributed by atoms with Crippen molar-refractivity contribution in [2.24, 2.45) is 0 Å². The van der Waals surface area contributed by atoms with E-state index in [0.29, 0.717) is 0 Å². The lowest BCUT2D eigenvalue weighted by Gasteiger charge is -2.30. The van der Waals surface area contributed by atoms with Crippen LogP contribution in [0.5, 0.6) is 0 Å². The summed E-state index contributed by atoms with van der Waals surface area (Å²) in [5, 5.41) is 12.5. The molecule has 2 heterocycles. The smallest absolute Gasteiger partial charge is 0.0546 e. The SMILES string of the molecule is c1ccc(N(c2ccc(-c3cccc4c3sc3ccccc34)cc2)c2cc3c4ccccc4c(N(c4ccccc4)c4ccc(-c5cccc6c5sc5ccccc56)cc4)cc3c3ccccc23)cc1. The number of anilines is 6. The standard InChI is InChI=1S/C66H42N2S2/c1-3-17-45(18-4-1)67(47-37-33-43(34-38-47)49-27-15-29-57-55-25-11-13-31-63(55)69-65(49)57)61-41-59-52-22-8-10-24-54(52)62(42-60(59)51-21-7-9-23-53(51)61)68(46-19-5-2-6-20-46)48-39-35-44(36-40-48)50-28-16-30-58-56-26-12-14-32-64(56)70-66(50)58/h1-42H. The Labute approximate surface area is 413 Å². The van der Waals surface area contributed by atoms with Crippen LogP contribution in [0.4, 0.5) is 34.1 Å². The number of rotatable bonds is 8. The van der Waals surface area contributed by atoms with Crippen LogP contribution in [0.2, 0.25) is 0 Å². The summed E-state index contributed by atoms with van der Waals surface area (Å²) >= 11 is 3.76. The Morgan fingerprint density at radius 1 is 0.229 bits per heavy atom. The van der Waals surface area contributed by atoms with Crippen LogP contribution in [-0.4, -0.2) is 0 Å². The zero-order chi connectivity index (χ0) is 46.1. The summed E-state index contributed by atoms with van der Waals surface area (Å²) < 4.78 is 5.29. The number of fused-ring (bicyclic) bond motifs is 11. The first-order valence-electron chi connectivity index (χ1n) is 23.8. The number of hydrogen-bond donors (Lipinski definition) is 0. The predicted octanol–water partition coefficient (Wildman–Crippen LogP) is 20.2. The summed E-state index contributed by atoms with van der Waals surface area (Å²) in [7, 11) is 0. The molecular formula is C66H42N2S2. The molecule has 2 nitrogen and oxygen atoms in total. The fourth-order valence-electron chi connectivity index (χ4n) is 10.8. The number of benzene rings is 12. The highest BCUT2D eigenvalue weighted by Crippen LogP contribution is 2.49. The normalized spacial score (nSPS) is 11.7. The van der Waals surface area contributed by atoms with Crippen molar-refractivity contribution < 1.29 is 0 Å². The maximum absolute atomic E-state index is 2.44. The molecule has 0 saturated heterocycles. The summed E-state index contributed by atoms with van der Waals surface area (Å²) in [6.07, 6.45) is 0. The Morgan fingerprint density at radius 2 is 0.557 bits per heavy atom. The molecule has 0 aliphatic heterocycles. The van der Waals surface area contributed by atoms with Crippen molar-refractivity contribution >= 4 is 129 Å². The number of para-hydroxylation sites is 2. The van der Waals surface area contributed by atoms with Gasteiger partial charge in [0.05, 0.1) is 11.4 Å². The van der Waals surface area contributed by atoms with Gasteiger partial charge < -0.3 is 9.80 Å². The second kappa shape index (κ2) is 16.6. The molecule has 0 aliphatic rings. The molecule has 0 saturated carbocycles. The zero-order valence-electron chi connectivity index (χ0n) is 38.0. The van der Waals surface area contributed by atoms with E-state index in [1.165, 1.54) is 94.9 Å². The molecule has 12 aromatic carbocycles. The van der Waals surface area contributed by atoms with Crippen LogP contribution >= 0.6 is 22.7 Å². The Kier molecular flexibility index (Phi) is 9.61. The highest BCUT2D eigenvalue weighted by atomic mass is 32.1. The van der Waals surface area contributed by atoms with Gasteiger partial charge in [0.2, 0.25) is 0 Å². The monoisotopic (exact) mass is 926 g/mol. The maximum Gasteiger partial charge on any atom is 0.0546 e. The van der Waals surface area contributed by atoms with E-state index in [9.17, 15) is 0 Å². The molecule has 0 amide bonds. The van der Waals surface area contributed by atoms with Crippen molar-refractivity contribution in [3.63, 3.8) is 0 Å². The molecule has 0 spiro atoms. The lowest BCUT2D eigenvalue weighted by molar-refractivity contribution is 1.30. The van der Waals surface area contributed by atoms with E-state index in [2.05, 4.69) is 265 Å². The molecule has 14 rings (SSSR count). The molecule has 0 N–H and O–H groups in total. The van der Waals surface area contributed by atoms with Crippen LogP contribution in [0.15, 0.2) is 255 Å². The maximum atomic E-state index is 2.44. The Morgan fingerprint density at radius 3 is 0.971 bits per heavy atom. The minimum Gasteiger partial charge on any atom is -0.310 e. The van der Waals surface area contributed by atoms with Crippen molar-refractivity contribution in [2.45, 2.75) is 0 Å². The molecule has 0 fully saturated rings. The van der Waals surface area contributed by atoms with Gasteiger partial charge in [-0.2, -0.15) is 0 Å². The van der Waals surface area contributed by atoms with Crippen molar-refractivity contribution in [3.05, 3.63) is 255 Å². The first-order chi connectivity index (χ1) is 34.7. The third-order valence-electron chi connectivity index (χ3n) is 14.0. The number of thiophene rings is 2. The van der Waals surface area contributed by atoms with Crippen molar-refractivity contribution in [2.75, 3.05) is 9.80 Å². The minimum atomic E-state index is 1.10. The van der Waals surface area contributed by atoms with Crippen molar-refractivity contribution in [1.29, 1.82) is 0 Å². The average molecular weight is 927 g/mol. The van der Waals surface area contributed by atoms with Crippen LogP contribution in [0.1, 0.15) is 0 Å². The van der Waals surface area contributed by atoms with Gasteiger partial charge in [-0.05, 0) is 117 Å². The Hall–Kier alpha value is -8.54. The molecular weight excluding hydrogens is 885 g/mol. The van der Waals surface area contributed by atoms with Crippen LogP contribution in [0, 0.1) is 0 Å². The Balaban J connectivity index is 0.931. The second-order valence-electron chi connectivity index (χ2n) is 18.0. The van der Waals surface area contributed by atoms with Gasteiger partial charge in [0, 0.05) is 73.9 Å². The quantitative estimate of drug-likeness (QED) is 0.140. The van der Waals surface area contributed by atoms with Gasteiger partial charge in [-0.15, -0.1) is 22.7 Å². The van der Waals surface area contributed by atoms with Gasteiger partial charge in [0.1, 0.15) is 0 Å². The summed E-state index contributed by atoms with van der Waals surface area (Å²) in [6.45, 7) is 0. The van der Waals surface area contributed by atoms with Gasteiger partial charge in [-0.1, -0.05) is 182 Å². The highest BCUT2D eigenvalue weighted by Gasteiger charge is 2.23. The van der Waals surface area contributed by atoms with Crippen molar-refractivity contribution in [3.8, 4) is 22.3 Å². The van der Waals surface area contributed by atoms with E-state index in [0.717, 1.165) is 34.1 Å². The van der Waals surface area contributed by atoms with E-state index >= 15 is 0 Å². The van der Waals surface area contributed by atoms with Gasteiger partial charge in [0.25, 0.3) is 0 Å². The fourth-order valence-corrected chi connectivity index (χ4v) is 13.3. The van der Waals surface area contributed by atoms with E-state index in [-0.39, 0.29) is 0 Å². The zero-order valence-corrected chi connectivity index (χ0v) is 39.6. The molecule has 14 aromatic rings. The average Bonchev–Trinajstić information content (AvgIpc) is 4.01. The fraction of sp³-hybridized carbons (Fsp3) is 0. The van der Waals surface area contributed by atoms with E-state index in [4.69, 9.17) is 0 Å². The van der Waals surface area contributed by atoms with Crippen LogP contribution in [-0.2, 0) is 0 Å². The molecule has 328 valence electrons. The largest absolute Gasteiger partial charge is 0.310 e. The third-order valence-corrected chi connectivity index (χ3v) is 16.5. The third kappa shape index (κ3) is 6.60. The summed E-state index contributed by atoms with van der Waals surface area (Å²) in [5.41, 5.74) is 11.6. The lowest BCUT2D eigenvalue weighted by Crippen LogP contribution is -2.12. The van der Waals surface area contributed by atoms with Crippen LogP contribution in [0.25, 0.3) is 94.9 Å². The molecule has 0 atom stereocenters. The van der Waals surface area contributed by atoms with Crippen LogP contribution < -0.4 is 9.80 Å². The molecule has 2 aromatic heterocycles. The lowest BCUT2D eigenvalue weighted by atomic mass is 9.93. The summed E-state index contributed by atoms with van der Waals surface area (Å²) in [6, 6.07) is 93.7. The first-order valence-corrected chi connectivity index (χ1v) is 25.5. The summed E-state index contributed by atoms with van der Waals surface area (Å²) in [5.74, 6) is 0. The summed E-state index contributed by atoms with van der Waals surface area (Å²) in [4.78, 5) is 4.87. The molecule has 0 unspecified atom stereocenters. The van der Waals surface area contributed by atoms with Gasteiger partial charge >= 0.3 is 0 Å².